The summed E-state index contributed by atoms with van der Waals surface area (Å²) in [6.45, 7) is 2.16. The van der Waals surface area contributed by atoms with E-state index in [-0.39, 0.29) is 5.75 Å². The predicted octanol–water partition coefficient (Wildman–Crippen LogP) is 2.14. The van der Waals surface area contributed by atoms with Gasteiger partial charge in [-0.15, -0.1) is 0 Å². The highest BCUT2D eigenvalue weighted by Gasteiger charge is 2.48. The summed E-state index contributed by atoms with van der Waals surface area (Å²) in [7, 11) is -1.17. The molecule has 7 heteroatoms. The highest BCUT2D eigenvalue weighted by Crippen LogP contribution is 2.38. The van der Waals surface area contributed by atoms with Gasteiger partial charge in [0.05, 0.1) is 10.5 Å². The number of thioether (sulfide) groups is 1. The van der Waals surface area contributed by atoms with Crippen LogP contribution >= 0.6 is 11.8 Å². The van der Waals surface area contributed by atoms with Crippen molar-refractivity contribution in [3.63, 3.8) is 0 Å². The molecule has 1 spiro atoms. The lowest BCUT2D eigenvalue weighted by molar-refractivity contribution is 0.272. The molecule has 1 aliphatic carbocycles. The van der Waals surface area contributed by atoms with E-state index in [9.17, 15) is 8.42 Å². The lowest BCUT2D eigenvalue weighted by Gasteiger charge is -2.45. The van der Waals surface area contributed by atoms with Gasteiger partial charge in [-0.1, -0.05) is 19.3 Å². The number of hydrogen-bond donors (Lipinski definition) is 1. The van der Waals surface area contributed by atoms with Crippen molar-refractivity contribution in [2.75, 3.05) is 43.9 Å². The van der Waals surface area contributed by atoms with Gasteiger partial charge in [-0.3, -0.25) is 4.99 Å². The number of nitrogens with one attached hydrogen (secondary N) is 1. The Morgan fingerprint density at radius 1 is 1.25 bits per heavy atom. The smallest absolute Gasteiger partial charge is 0.193 e. The maximum atomic E-state index is 12.7. The molecule has 0 amide bonds. The normalized spacial score (nSPS) is 28.0. The number of guanidine groups is 1. The molecule has 3 aliphatic rings. The molecule has 0 atom stereocenters. The Hall–Kier alpha value is -0.430. The number of nitrogens with zero attached hydrogens (tertiary/aromatic N) is 2. The molecule has 3 fully saturated rings. The quantitative estimate of drug-likeness (QED) is 0.593. The van der Waals surface area contributed by atoms with Gasteiger partial charge in [-0.05, 0) is 43.1 Å². The average molecular weight is 374 g/mol. The van der Waals surface area contributed by atoms with Gasteiger partial charge in [0.1, 0.15) is 0 Å². The van der Waals surface area contributed by atoms with Crippen LogP contribution in [-0.2, 0) is 9.84 Å². The number of sulfone groups is 1. The molecule has 0 radical (unpaired) electrons. The molecule has 2 saturated heterocycles. The summed E-state index contributed by atoms with van der Waals surface area (Å²) in [5, 5.41) is 3.53. The second-order valence-electron chi connectivity index (χ2n) is 7.47. The fourth-order valence-corrected chi connectivity index (χ4v) is 7.70. The van der Waals surface area contributed by atoms with Crippen molar-refractivity contribution in [3.05, 3.63) is 0 Å². The zero-order chi connectivity index (χ0) is 17.0. The summed E-state index contributed by atoms with van der Waals surface area (Å²) in [5.74, 6) is 4.41. The number of aliphatic imine (C=N–C) groups is 1. The Morgan fingerprint density at radius 2 is 1.96 bits per heavy atom. The predicted molar refractivity (Wildman–Crippen MR) is 103 cm³/mol. The maximum absolute atomic E-state index is 12.7. The molecule has 138 valence electrons. The summed E-state index contributed by atoms with van der Waals surface area (Å²) in [6.07, 6.45) is 7.44. The van der Waals surface area contributed by atoms with Crippen LogP contribution in [0.4, 0.5) is 0 Å². The van der Waals surface area contributed by atoms with Crippen LogP contribution in [0.3, 0.4) is 0 Å². The Balaban J connectivity index is 1.64. The average Bonchev–Trinajstić information content (AvgIpc) is 2.60. The van der Waals surface area contributed by atoms with Gasteiger partial charge in [0.2, 0.25) is 0 Å². The second kappa shape index (κ2) is 7.85. The summed E-state index contributed by atoms with van der Waals surface area (Å²) in [6, 6.07) is 0. The molecule has 0 aromatic carbocycles. The van der Waals surface area contributed by atoms with Gasteiger partial charge in [0.15, 0.2) is 15.8 Å². The second-order valence-corrected chi connectivity index (χ2v) is 11.2. The zero-order valence-corrected chi connectivity index (χ0v) is 16.4. The van der Waals surface area contributed by atoms with Crippen LogP contribution in [0.1, 0.15) is 44.9 Å². The molecule has 1 N–H and O–H groups in total. The SMILES string of the molecule is CN=C(NCC1CCSCC1)N1CCS(=O)(=O)C2(CCCCC2)C1. The van der Waals surface area contributed by atoms with E-state index in [1.54, 1.807) is 0 Å². The molecule has 0 aromatic rings. The van der Waals surface area contributed by atoms with Crippen molar-refractivity contribution in [2.45, 2.75) is 49.7 Å². The van der Waals surface area contributed by atoms with Crippen molar-refractivity contribution >= 4 is 27.6 Å². The third-order valence-electron chi connectivity index (χ3n) is 5.93. The molecule has 0 aromatic heterocycles. The lowest BCUT2D eigenvalue weighted by atomic mass is 9.87. The third kappa shape index (κ3) is 3.87. The topological polar surface area (TPSA) is 61.8 Å². The number of hydrogen-bond acceptors (Lipinski definition) is 4. The molecule has 24 heavy (non-hydrogen) atoms. The van der Waals surface area contributed by atoms with Crippen molar-refractivity contribution < 1.29 is 8.42 Å². The summed E-state index contributed by atoms with van der Waals surface area (Å²) in [4.78, 5) is 6.65. The van der Waals surface area contributed by atoms with E-state index in [2.05, 4.69) is 15.2 Å². The Kier molecular flexibility index (Phi) is 6.01. The molecular formula is C17H31N3O2S2. The van der Waals surface area contributed by atoms with E-state index in [0.717, 1.165) is 44.1 Å². The minimum atomic E-state index is -2.98. The van der Waals surface area contributed by atoms with Crippen molar-refractivity contribution in [1.82, 2.24) is 10.2 Å². The Labute approximate surface area is 151 Å². The van der Waals surface area contributed by atoms with Crippen molar-refractivity contribution in [1.29, 1.82) is 0 Å². The fourth-order valence-electron chi connectivity index (χ4n) is 4.34. The van der Waals surface area contributed by atoms with Gasteiger partial charge in [0.25, 0.3) is 0 Å². The monoisotopic (exact) mass is 373 g/mol. The summed E-state index contributed by atoms with van der Waals surface area (Å²) >= 11 is 2.05. The molecule has 0 unspecified atom stereocenters. The van der Waals surface area contributed by atoms with E-state index in [4.69, 9.17) is 0 Å². The molecule has 5 nitrogen and oxygen atoms in total. The van der Waals surface area contributed by atoms with Crippen LogP contribution in [-0.4, -0.2) is 68.0 Å². The molecule has 2 aliphatic heterocycles. The number of rotatable bonds is 2. The lowest BCUT2D eigenvalue weighted by Crippen LogP contribution is -2.60. The van der Waals surface area contributed by atoms with Crippen LogP contribution in [0.25, 0.3) is 0 Å². The van der Waals surface area contributed by atoms with E-state index in [1.165, 1.54) is 30.8 Å². The minimum Gasteiger partial charge on any atom is -0.356 e. The van der Waals surface area contributed by atoms with Crippen LogP contribution in [0.5, 0.6) is 0 Å². The van der Waals surface area contributed by atoms with Crippen LogP contribution < -0.4 is 5.32 Å². The van der Waals surface area contributed by atoms with E-state index >= 15 is 0 Å². The van der Waals surface area contributed by atoms with Gasteiger partial charge in [-0.2, -0.15) is 11.8 Å². The molecule has 2 heterocycles. The molecule has 1 saturated carbocycles. The van der Waals surface area contributed by atoms with Crippen molar-refractivity contribution in [3.8, 4) is 0 Å². The maximum Gasteiger partial charge on any atom is 0.193 e. The van der Waals surface area contributed by atoms with Crippen LogP contribution in [0, 0.1) is 5.92 Å². The summed E-state index contributed by atoms with van der Waals surface area (Å²) < 4.78 is 24.9. The Bertz CT molecular complexity index is 550. The van der Waals surface area contributed by atoms with Gasteiger partial charge >= 0.3 is 0 Å². The molecular weight excluding hydrogens is 342 g/mol. The van der Waals surface area contributed by atoms with Gasteiger partial charge < -0.3 is 10.2 Å². The first-order valence-corrected chi connectivity index (χ1v) is 12.1. The third-order valence-corrected chi connectivity index (χ3v) is 9.56. The van der Waals surface area contributed by atoms with E-state index in [1.807, 2.05) is 18.8 Å². The van der Waals surface area contributed by atoms with Crippen LogP contribution in [0.15, 0.2) is 4.99 Å². The largest absolute Gasteiger partial charge is 0.356 e. The zero-order valence-electron chi connectivity index (χ0n) is 14.8. The highest BCUT2D eigenvalue weighted by molar-refractivity contribution is 7.99. The molecule has 0 bridgehead atoms. The van der Waals surface area contributed by atoms with E-state index < -0.39 is 14.6 Å². The van der Waals surface area contributed by atoms with Gasteiger partial charge in [-0.25, -0.2) is 8.42 Å². The molecule has 3 rings (SSSR count). The first-order chi connectivity index (χ1) is 11.6. The minimum absolute atomic E-state index is 0.272. The van der Waals surface area contributed by atoms with E-state index in [0.29, 0.717) is 13.1 Å². The summed E-state index contributed by atoms with van der Waals surface area (Å²) in [5.41, 5.74) is 0. The highest BCUT2D eigenvalue weighted by atomic mass is 32.2. The first kappa shape index (κ1) is 18.4. The van der Waals surface area contributed by atoms with Crippen LogP contribution in [0.2, 0.25) is 0 Å². The fraction of sp³-hybridized carbons (Fsp3) is 0.941. The van der Waals surface area contributed by atoms with Gasteiger partial charge in [0, 0.05) is 26.7 Å². The first-order valence-electron chi connectivity index (χ1n) is 9.32. The standard InChI is InChI=1S/C17H31N3O2S2/c1-18-16(19-13-15-5-10-23-11-6-15)20-9-12-24(21,22)17(14-20)7-3-2-4-8-17/h15H,2-14H2,1H3,(H,18,19). The van der Waals surface area contributed by atoms with Crippen molar-refractivity contribution in [2.24, 2.45) is 10.9 Å². The Morgan fingerprint density at radius 3 is 2.62 bits per heavy atom.